The zero-order chi connectivity index (χ0) is 13.2. The van der Waals surface area contributed by atoms with E-state index in [2.05, 4.69) is 29.0 Å². The summed E-state index contributed by atoms with van der Waals surface area (Å²) in [6.07, 6.45) is 0. The Hall–Kier alpha value is -1.59. The number of hydrogen-bond donors (Lipinski definition) is 1. The number of hydrogen-bond acceptors (Lipinski definition) is 5. The van der Waals surface area contributed by atoms with Crippen molar-refractivity contribution in [2.45, 2.75) is 17.6 Å². The lowest BCUT2D eigenvalue weighted by Gasteiger charge is -2.05. The smallest absolute Gasteiger partial charge is 0.142 e. The standard InChI is InChI=1S/C14H13N3S2/c1-9-4-2-3-5-11(9)19-8-12-16-13(15)10-6-7-18-14(10)17-12/h2-7H,8H2,1H3,(H2,15,16,17). The third kappa shape index (κ3) is 2.57. The monoisotopic (exact) mass is 287 g/mol. The number of nitrogen functional groups attached to an aromatic ring is 1. The van der Waals surface area contributed by atoms with E-state index in [0.717, 1.165) is 21.8 Å². The fourth-order valence-corrected chi connectivity index (χ4v) is 3.52. The Balaban J connectivity index is 1.84. The SMILES string of the molecule is Cc1ccccc1SCc1nc(N)c2ccsc2n1. The number of fused-ring (bicyclic) bond motifs is 1. The maximum atomic E-state index is 5.95. The van der Waals surface area contributed by atoms with Gasteiger partial charge in [0.15, 0.2) is 0 Å². The number of nitrogens with two attached hydrogens (primary N) is 1. The van der Waals surface area contributed by atoms with E-state index in [4.69, 9.17) is 5.73 Å². The lowest BCUT2D eigenvalue weighted by Crippen LogP contribution is -1.98. The third-order valence-electron chi connectivity index (χ3n) is 2.85. The number of nitrogens with zero attached hydrogens (tertiary/aromatic N) is 2. The molecule has 1 aromatic carbocycles. The summed E-state index contributed by atoms with van der Waals surface area (Å²) in [6, 6.07) is 10.3. The minimum Gasteiger partial charge on any atom is -0.383 e. The van der Waals surface area contributed by atoms with Gasteiger partial charge < -0.3 is 5.73 Å². The predicted octanol–water partition coefficient (Wildman–Crippen LogP) is 3.87. The molecule has 3 nitrogen and oxygen atoms in total. The van der Waals surface area contributed by atoms with Crippen LogP contribution in [0.5, 0.6) is 0 Å². The van der Waals surface area contributed by atoms with Crippen LogP contribution in [0.2, 0.25) is 0 Å². The van der Waals surface area contributed by atoms with Gasteiger partial charge in [0.2, 0.25) is 0 Å². The van der Waals surface area contributed by atoms with Gasteiger partial charge in [0.25, 0.3) is 0 Å². The molecule has 0 saturated carbocycles. The largest absolute Gasteiger partial charge is 0.383 e. The molecule has 19 heavy (non-hydrogen) atoms. The molecule has 0 aliphatic rings. The van der Waals surface area contributed by atoms with Crippen molar-refractivity contribution < 1.29 is 0 Å². The molecule has 0 atom stereocenters. The first-order chi connectivity index (χ1) is 9.24. The molecule has 2 aromatic heterocycles. The number of thioether (sulfide) groups is 1. The molecule has 0 spiro atoms. The highest BCUT2D eigenvalue weighted by atomic mass is 32.2. The molecule has 2 N–H and O–H groups in total. The molecule has 0 aliphatic carbocycles. The zero-order valence-electron chi connectivity index (χ0n) is 10.5. The van der Waals surface area contributed by atoms with Crippen molar-refractivity contribution in [1.82, 2.24) is 9.97 Å². The minimum atomic E-state index is 0.576. The van der Waals surface area contributed by atoms with E-state index in [0.29, 0.717) is 5.82 Å². The molecule has 0 unspecified atom stereocenters. The molecule has 0 aliphatic heterocycles. The highest BCUT2D eigenvalue weighted by Gasteiger charge is 2.07. The average molecular weight is 287 g/mol. The average Bonchev–Trinajstić information content (AvgIpc) is 2.87. The first kappa shape index (κ1) is 12.4. The number of aromatic nitrogens is 2. The number of anilines is 1. The van der Waals surface area contributed by atoms with Crippen molar-refractivity contribution in [3.05, 3.63) is 47.1 Å². The summed E-state index contributed by atoms with van der Waals surface area (Å²) in [4.78, 5) is 11.1. The number of rotatable bonds is 3. The molecule has 0 fully saturated rings. The predicted molar refractivity (Wildman–Crippen MR) is 82.6 cm³/mol. The van der Waals surface area contributed by atoms with Crippen molar-refractivity contribution in [2.75, 3.05) is 5.73 Å². The Labute approximate surface area is 119 Å². The van der Waals surface area contributed by atoms with E-state index >= 15 is 0 Å². The summed E-state index contributed by atoms with van der Waals surface area (Å²) >= 11 is 3.34. The van der Waals surface area contributed by atoms with Crippen molar-refractivity contribution in [3.8, 4) is 0 Å². The highest BCUT2D eigenvalue weighted by molar-refractivity contribution is 7.98. The van der Waals surface area contributed by atoms with Gasteiger partial charge in [-0.3, -0.25) is 0 Å². The lowest BCUT2D eigenvalue weighted by molar-refractivity contribution is 1.08. The Kier molecular flexibility index (Phi) is 3.40. The van der Waals surface area contributed by atoms with Crippen LogP contribution < -0.4 is 5.73 Å². The molecule has 3 rings (SSSR count). The fourth-order valence-electron chi connectivity index (χ4n) is 1.85. The van der Waals surface area contributed by atoms with Gasteiger partial charge in [-0.1, -0.05) is 18.2 Å². The van der Waals surface area contributed by atoms with Gasteiger partial charge in [-0.25, -0.2) is 9.97 Å². The first-order valence-electron chi connectivity index (χ1n) is 5.92. The summed E-state index contributed by atoms with van der Waals surface area (Å²) < 4.78 is 0. The van der Waals surface area contributed by atoms with Gasteiger partial charge in [-0.05, 0) is 30.0 Å². The fraction of sp³-hybridized carbons (Fsp3) is 0.143. The van der Waals surface area contributed by atoms with Gasteiger partial charge in [0.05, 0.1) is 11.1 Å². The quantitative estimate of drug-likeness (QED) is 0.743. The Morgan fingerprint density at radius 2 is 2.05 bits per heavy atom. The molecule has 5 heteroatoms. The molecule has 96 valence electrons. The second-order valence-electron chi connectivity index (χ2n) is 4.22. The lowest BCUT2D eigenvalue weighted by atomic mass is 10.2. The zero-order valence-corrected chi connectivity index (χ0v) is 12.1. The molecule has 0 bridgehead atoms. The maximum Gasteiger partial charge on any atom is 0.142 e. The maximum absolute atomic E-state index is 5.95. The number of benzene rings is 1. The second kappa shape index (κ2) is 5.19. The topological polar surface area (TPSA) is 51.8 Å². The van der Waals surface area contributed by atoms with Crippen LogP contribution in [-0.2, 0) is 5.75 Å². The van der Waals surface area contributed by atoms with Crippen LogP contribution in [0.4, 0.5) is 5.82 Å². The van der Waals surface area contributed by atoms with Crippen LogP contribution in [-0.4, -0.2) is 9.97 Å². The van der Waals surface area contributed by atoms with E-state index in [-0.39, 0.29) is 0 Å². The van der Waals surface area contributed by atoms with Gasteiger partial charge in [-0.15, -0.1) is 23.1 Å². The highest BCUT2D eigenvalue weighted by Crippen LogP contribution is 2.27. The van der Waals surface area contributed by atoms with Gasteiger partial charge in [0.1, 0.15) is 16.5 Å². The second-order valence-corrected chi connectivity index (χ2v) is 6.13. The summed E-state index contributed by atoms with van der Waals surface area (Å²) in [5, 5.41) is 2.95. The molecule has 0 radical (unpaired) electrons. The molecule has 0 saturated heterocycles. The summed E-state index contributed by atoms with van der Waals surface area (Å²) in [5.41, 5.74) is 7.22. The van der Waals surface area contributed by atoms with Crippen LogP contribution >= 0.6 is 23.1 Å². The van der Waals surface area contributed by atoms with E-state index in [1.54, 1.807) is 23.1 Å². The Morgan fingerprint density at radius 3 is 2.89 bits per heavy atom. The Morgan fingerprint density at radius 1 is 1.21 bits per heavy atom. The van der Waals surface area contributed by atoms with E-state index < -0.39 is 0 Å². The molecule has 2 heterocycles. The van der Waals surface area contributed by atoms with Gasteiger partial charge >= 0.3 is 0 Å². The first-order valence-corrected chi connectivity index (χ1v) is 7.78. The van der Waals surface area contributed by atoms with Crippen molar-refractivity contribution in [3.63, 3.8) is 0 Å². The van der Waals surface area contributed by atoms with Gasteiger partial charge in [-0.2, -0.15) is 0 Å². The third-order valence-corrected chi connectivity index (χ3v) is 4.83. The van der Waals surface area contributed by atoms with Crippen LogP contribution in [0.3, 0.4) is 0 Å². The minimum absolute atomic E-state index is 0.576. The van der Waals surface area contributed by atoms with Gasteiger partial charge in [0, 0.05) is 4.90 Å². The van der Waals surface area contributed by atoms with Crippen LogP contribution in [0.25, 0.3) is 10.2 Å². The molecular formula is C14H13N3S2. The normalized spacial score (nSPS) is 11.0. The van der Waals surface area contributed by atoms with E-state index in [1.807, 2.05) is 23.6 Å². The molecular weight excluding hydrogens is 274 g/mol. The van der Waals surface area contributed by atoms with E-state index in [9.17, 15) is 0 Å². The number of aryl methyl sites for hydroxylation is 1. The van der Waals surface area contributed by atoms with Crippen molar-refractivity contribution in [1.29, 1.82) is 0 Å². The molecule has 3 aromatic rings. The summed E-state index contributed by atoms with van der Waals surface area (Å²) in [6.45, 7) is 2.11. The van der Waals surface area contributed by atoms with Crippen LogP contribution in [0.15, 0.2) is 40.6 Å². The van der Waals surface area contributed by atoms with Crippen LogP contribution in [0.1, 0.15) is 11.4 Å². The summed E-state index contributed by atoms with van der Waals surface area (Å²) in [5.74, 6) is 2.11. The number of thiophene rings is 1. The van der Waals surface area contributed by atoms with E-state index in [1.165, 1.54) is 10.5 Å². The molecule has 0 amide bonds. The van der Waals surface area contributed by atoms with Crippen LogP contribution in [0, 0.1) is 6.92 Å². The van der Waals surface area contributed by atoms with Crippen molar-refractivity contribution in [2.24, 2.45) is 0 Å². The Bertz CT molecular complexity index is 722. The summed E-state index contributed by atoms with van der Waals surface area (Å²) in [7, 11) is 0. The van der Waals surface area contributed by atoms with Crippen molar-refractivity contribution >= 4 is 39.1 Å².